The molecule has 10 heteroatoms. The van der Waals surface area contributed by atoms with Crippen LogP contribution in [-0.2, 0) is 11.3 Å². The van der Waals surface area contributed by atoms with E-state index in [1.807, 2.05) is 37.1 Å². The molecule has 3 heterocycles. The predicted molar refractivity (Wildman–Crippen MR) is 119 cm³/mol. The van der Waals surface area contributed by atoms with Gasteiger partial charge in [-0.05, 0) is 60.9 Å². The van der Waals surface area contributed by atoms with Gasteiger partial charge < -0.3 is 19.7 Å². The molecule has 1 N–H and O–H groups in total. The van der Waals surface area contributed by atoms with Crippen molar-refractivity contribution in [2.45, 2.75) is 45.3 Å². The van der Waals surface area contributed by atoms with Gasteiger partial charge in [-0.1, -0.05) is 13.0 Å². The fraction of sp³-hybridized carbons (Fsp3) is 0.292. The highest BCUT2D eigenvalue weighted by molar-refractivity contribution is 6.01. The number of aliphatic imine (C=N–C) groups is 1. The Morgan fingerprint density at radius 2 is 1.88 bits per heavy atom. The Balaban J connectivity index is 1.32. The number of nitrogens with zero attached hydrogens (tertiary/aromatic N) is 3. The lowest BCUT2D eigenvalue weighted by atomic mass is 10.0. The summed E-state index contributed by atoms with van der Waals surface area (Å²) in [5.74, 6) is 0.915. The Bertz CT molecular complexity index is 1130. The summed E-state index contributed by atoms with van der Waals surface area (Å²) in [4.78, 5) is 23.7. The van der Waals surface area contributed by atoms with Crippen LogP contribution in [0.2, 0.25) is 0 Å². The van der Waals surface area contributed by atoms with Gasteiger partial charge in [-0.25, -0.2) is 4.98 Å². The normalized spacial score (nSPS) is 19.3. The number of hydrogen-bond donors (Lipinski definition) is 1. The highest BCUT2D eigenvalue weighted by Gasteiger charge is 2.39. The van der Waals surface area contributed by atoms with Crippen LogP contribution >= 0.6 is 0 Å². The first-order valence-electron chi connectivity index (χ1n) is 10.7. The number of ether oxygens (including phenoxy) is 2. The van der Waals surface area contributed by atoms with Gasteiger partial charge in [-0.2, -0.15) is 0 Å². The molecule has 2 atom stereocenters. The zero-order chi connectivity index (χ0) is 24.3. The number of amides is 1. The Hall–Kier alpha value is -3.82. The highest BCUT2D eigenvalue weighted by Crippen LogP contribution is 2.27. The average Bonchev–Trinajstić information content (AvgIpc) is 3.16. The molecule has 0 saturated carbocycles. The quantitative estimate of drug-likeness (QED) is 0.631. The van der Waals surface area contributed by atoms with Crippen molar-refractivity contribution in [2.75, 3.05) is 0 Å². The summed E-state index contributed by atoms with van der Waals surface area (Å²) in [5.41, 5.74) is 1.86. The minimum absolute atomic E-state index is 0.121. The lowest BCUT2D eigenvalue weighted by Crippen LogP contribution is -2.48. The number of fused-ring (bicyclic) bond motifs is 1. The summed E-state index contributed by atoms with van der Waals surface area (Å²) >= 11 is 0. The van der Waals surface area contributed by atoms with Crippen molar-refractivity contribution in [3.63, 3.8) is 0 Å². The second-order valence-corrected chi connectivity index (χ2v) is 7.86. The van der Waals surface area contributed by atoms with Gasteiger partial charge in [0.1, 0.15) is 23.4 Å². The summed E-state index contributed by atoms with van der Waals surface area (Å²) < 4.78 is 46.1. The Labute approximate surface area is 194 Å². The summed E-state index contributed by atoms with van der Waals surface area (Å²) in [6, 6.07) is 7.87. The number of carbonyl (C=O) groups excluding carboxylic acids is 1. The Morgan fingerprint density at radius 1 is 1.15 bits per heavy atom. The van der Waals surface area contributed by atoms with E-state index in [0.29, 0.717) is 5.75 Å². The van der Waals surface area contributed by atoms with Crippen LogP contribution < -0.4 is 14.8 Å². The van der Waals surface area contributed by atoms with Gasteiger partial charge in [0.2, 0.25) is 11.8 Å². The molecule has 2 aliphatic heterocycles. The molecule has 2 unspecified atom stereocenters. The zero-order valence-corrected chi connectivity index (χ0v) is 18.5. The van der Waals surface area contributed by atoms with E-state index in [2.05, 4.69) is 20.0 Å². The number of halogens is 3. The van der Waals surface area contributed by atoms with Crippen LogP contribution in [0.4, 0.5) is 13.2 Å². The number of aromatic nitrogens is 1. The van der Waals surface area contributed by atoms with Crippen LogP contribution in [-0.4, -0.2) is 40.1 Å². The van der Waals surface area contributed by atoms with Gasteiger partial charge >= 0.3 is 6.36 Å². The third-order valence-corrected chi connectivity index (χ3v) is 5.31. The molecule has 34 heavy (non-hydrogen) atoms. The van der Waals surface area contributed by atoms with E-state index in [1.165, 1.54) is 12.1 Å². The third-order valence-electron chi connectivity index (χ3n) is 5.31. The van der Waals surface area contributed by atoms with Crippen LogP contribution in [0.25, 0.3) is 0 Å². The van der Waals surface area contributed by atoms with Gasteiger partial charge in [0.15, 0.2) is 0 Å². The summed E-state index contributed by atoms with van der Waals surface area (Å²) in [5, 5.41) is 2.95. The van der Waals surface area contributed by atoms with E-state index in [4.69, 9.17) is 4.74 Å². The molecule has 0 saturated heterocycles. The van der Waals surface area contributed by atoms with Crippen LogP contribution in [0, 0.1) is 0 Å². The first-order valence-corrected chi connectivity index (χ1v) is 10.7. The van der Waals surface area contributed by atoms with Crippen LogP contribution in [0.1, 0.15) is 25.8 Å². The van der Waals surface area contributed by atoms with E-state index < -0.39 is 12.4 Å². The molecular weight excluding hydrogens is 449 g/mol. The summed E-state index contributed by atoms with van der Waals surface area (Å²) in [6.45, 7) is 4.28. The van der Waals surface area contributed by atoms with Gasteiger partial charge in [0, 0.05) is 25.0 Å². The molecule has 0 fully saturated rings. The minimum Gasteiger partial charge on any atom is -0.439 e. The van der Waals surface area contributed by atoms with Crippen LogP contribution in [0.3, 0.4) is 0 Å². The molecule has 1 aromatic heterocycles. The topological polar surface area (TPSA) is 76.1 Å². The highest BCUT2D eigenvalue weighted by atomic mass is 19.4. The van der Waals surface area contributed by atoms with Crippen molar-refractivity contribution < 1.29 is 27.4 Å². The van der Waals surface area contributed by atoms with E-state index in [1.54, 1.807) is 18.3 Å². The van der Waals surface area contributed by atoms with Crippen molar-refractivity contribution in [3.8, 4) is 17.4 Å². The smallest absolute Gasteiger partial charge is 0.439 e. The van der Waals surface area contributed by atoms with E-state index in [0.717, 1.165) is 35.5 Å². The zero-order valence-electron chi connectivity index (χ0n) is 18.5. The number of allylic oxidation sites excluding steroid dienone is 2. The fourth-order valence-electron chi connectivity index (χ4n) is 3.68. The second-order valence-electron chi connectivity index (χ2n) is 7.86. The molecule has 7 nitrogen and oxygen atoms in total. The van der Waals surface area contributed by atoms with Crippen molar-refractivity contribution in [1.82, 2.24) is 15.2 Å². The van der Waals surface area contributed by atoms with E-state index in [-0.39, 0.29) is 30.1 Å². The second kappa shape index (κ2) is 9.58. The van der Waals surface area contributed by atoms with Crippen LogP contribution in [0.15, 0.2) is 71.5 Å². The lowest BCUT2D eigenvalue weighted by Gasteiger charge is -2.27. The number of amidine groups is 1. The number of hydrogen-bond acceptors (Lipinski definition) is 6. The predicted octanol–water partition coefficient (Wildman–Crippen LogP) is 4.72. The molecule has 4 rings (SSSR count). The molecular formula is C24H23F3N4O3. The SMILES string of the molecule is CCC1N=C2C=C(C)C=CN2C1C(=O)NCc1ccc(Oc2ccc(OC(F)(F)F)cc2)nc1. The number of alkyl halides is 3. The number of carbonyl (C=O) groups is 1. The molecule has 0 bridgehead atoms. The van der Waals surface area contributed by atoms with Crippen molar-refractivity contribution in [1.29, 1.82) is 0 Å². The Morgan fingerprint density at radius 3 is 2.53 bits per heavy atom. The number of nitrogens with one attached hydrogen (secondary N) is 1. The maximum atomic E-state index is 12.9. The summed E-state index contributed by atoms with van der Waals surface area (Å²) in [7, 11) is 0. The number of benzene rings is 1. The Kier molecular flexibility index (Phi) is 6.58. The van der Waals surface area contributed by atoms with Gasteiger partial charge in [0.25, 0.3) is 0 Å². The first kappa shape index (κ1) is 23.3. The molecule has 0 aliphatic carbocycles. The molecule has 178 valence electrons. The minimum atomic E-state index is -4.75. The third kappa shape index (κ3) is 5.56. The molecule has 2 aliphatic rings. The maximum Gasteiger partial charge on any atom is 0.573 e. The van der Waals surface area contributed by atoms with Crippen LogP contribution in [0.5, 0.6) is 17.4 Å². The maximum absolute atomic E-state index is 12.9. The van der Waals surface area contributed by atoms with E-state index in [9.17, 15) is 18.0 Å². The number of rotatable bonds is 7. The molecule has 1 amide bonds. The van der Waals surface area contributed by atoms with Crippen molar-refractivity contribution in [3.05, 3.63) is 72.1 Å². The lowest BCUT2D eigenvalue weighted by molar-refractivity contribution is -0.274. The molecule has 2 aromatic rings. The molecule has 0 spiro atoms. The van der Waals surface area contributed by atoms with Crippen molar-refractivity contribution in [2.24, 2.45) is 4.99 Å². The van der Waals surface area contributed by atoms with Gasteiger partial charge in [-0.15, -0.1) is 13.2 Å². The molecule has 1 aromatic carbocycles. The largest absolute Gasteiger partial charge is 0.573 e. The first-order chi connectivity index (χ1) is 16.2. The summed E-state index contributed by atoms with van der Waals surface area (Å²) in [6.07, 6.45) is 3.38. The average molecular weight is 472 g/mol. The van der Waals surface area contributed by atoms with Crippen molar-refractivity contribution >= 4 is 11.7 Å². The monoisotopic (exact) mass is 472 g/mol. The molecule has 0 radical (unpaired) electrons. The number of pyridine rings is 1. The van der Waals surface area contributed by atoms with E-state index >= 15 is 0 Å². The van der Waals surface area contributed by atoms with Gasteiger partial charge in [0.05, 0.1) is 6.04 Å². The standard InChI is InChI=1S/C24H23F3N4O3/c1-3-19-22(31-11-10-15(2)12-20(31)30-19)23(32)29-14-16-4-9-21(28-13-16)33-17-5-7-18(8-6-17)34-24(25,26)27/h4-13,19,22H,3,14H2,1-2H3,(H,29,32). The van der Waals surface area contributed by atoms with Gasteiger partial charge in [-0.3, -0.25) is 9.79 Å². The fourth-order valence-corrected chi connectivity index (χ4v) is 3.68.